The van der Waals surface area contributed by atoms with E-state index in [1.807, 2.05) is 0 Å². The van der Waals surface area contributed by atoms with Crippen molar-refractivity contribution in [3.63, 3.8) is 0 Å². The summed E-state index contributed by atoms with van der Waals surface area (Å²) < 4.78 is 4.59. The van der Waals surface area contributed by atoms with Crippen molar-refractivity contribution in [2.45, 2.75) is 45.4 Å². The minimum absolute atomic E-state index is 0.0179. The number of ketones is 2. The third-order valence-electron chi connectivity index (χ3n) is 3.44. The molecular weight excluding hydrogens is 220 g/mol. The average molecular weight is 240 g/mol. The van der Waals surface area contributed by atoms with Crippen LogP contribution in [0.1, 0.15) is 45.4 Å². The first kappa shape index (κ1) is 13.9. The molecule has 0 saturated heterocycles. The lowest BCUT2D eigenvalue weighted by atomic mass is 9.90. The maximum Gasteiger partial charge on any atom is 0.316 e. The van der Waals surface area contributed by atoms with Crippen LogP contribution < -0.4 is 0 Å². The van der Waals surface area contributed by atoms with Gasteiger partial charge in [-0.1, -0.05) is 19.8 Å². The minimum atomic E-state index is -0.891. The Morgan fingerprint density at radius 1 is 1.24 bits per heavy atom. The summed E-state index contributed by atoms with van der Waals surface area (Å²) in [6, 6.07) is 0. The number of carbonyl (C=O) groups is 3. The molecule has 1 aliphatic carbocycles. The Bertz CT molecular complexity index is 287. The molecular formula is C13H20O4. The summed E-state index contributed by atoms with van der Waals surface area (Å²) in [6.07, 6.45) is 4.21. The second-order valence-electron chi connectivity index (χ2n) is 4.55. The molecule has 0 aromatic carbocycles. The van der Waals surface area contributed by atoms with Crippen LogP contribution in [0.15, 0.2) is 0 Å². The maximum atomic E-state index is 11.9. The lowest BCUT2D eigenvalue weighted by Gasteiger charge is -2.14. The predicted molar refractivity (Wildman–Crippen MR) is 62.4 cm³/mol. The first-order valence-corrected chi connectivity index (χ1v) is 6.23. The smallest absolute Gasteiger partial charge is 0.316 e. The summed E-state index contributed by atoms with van der Waals surface area (Å²) in [7, 11) is 1.25. The number of esters is 1. The van der Waals surface area contributed by atoms with Crippen molar-refractivity contribution in [2.24, 2.45) is 11.8 Å². The van der Waals surface area contributed by atoms with E-state index < -0.39 is 11.9 Å². The molecule has 1 rings (SSSR count). The molecule has 1 fully saturated rings. The zero-order valence-corrected chi connectivity index (χ0v) is 10.5. The van der Waals surface area contributed by atoms with Crippen molar-refractivity contribution >= 4 is 17.5 Å². The molecule has 0 bridgehead atoms. The second kappa shape index (κ2) is 6.52. The van der Waals surface area contributed by atoms with Crippen molar-refractivity contribution in [1.82, 2.24) is 0 Å². The molecule has 0 aromatic heterocycles. The van der Waals surface area contributed by atoms with Gasteiger partial charge in [0.05, 0.1) is 7.11 Å². The highest BCUT2D eigenvalue weighted by atomic mass is 16.5. The zero-order chi connectivity index (χ0) is 12.8. The topological polar surface area (TPSA) is 60.4 Å². The summed E-state index contributed by atoms with van der Waals surface area (Å²) in [5, 5.41) is 0. The molecule has 96 valence electrons. The van der Waals surface area contributed by atoms with E-state index >= 15 is 0 Å². The molecule has 1 atom stereocenters. The predicted octanol–water partition coefficient (Wildman–Crippen LogP) is 1.90. The van der Waals surface area contributed by atoms with Crippen LogP contribution in [0.2, 0.25) is 0 Å². The lowest BCUT2D eigenvalue weighted by molar-refractivity contribution is -0.151. The fourth-order valence-corrected chi connectivity index (χ4v) is 2.33. The van der Waals surface area contributed by atoms with Crippen LogP contribution in [0.25, 0.3) is 0 Å². The van der Waals surface area contributed by atoms with Gasteiger partial charge in [0.1, 0.15) is 17.5 Å². The quantitative estimate of drug-likeness (QED) is 0.525. The highest BCUT2D eigenvalue weighted by molar-refractivity contribution is 6.02. The zero-order valence-electron chi connectivity index (χ0n) is 10.5. The Labute approximate surface area is 102 Å². The molecule has 0 heterocycles. The highest BCUT2D eigenvalue weighted by Gasteiger charge is 2.32. The van der Waals surface area contributed by atoms with Crippen molar-refractivity contribution in [1.29, 1.82) is 0 Å². The molecule has 0 aliphatic heterocycles. The monoisotopic (exact) mass is 240 g/mol. The van der Waals surface area contributed by atoms with Gasteiger partial charge in [0.2, 0.25) is 0 Å². The Morgan fingerprint density at radius 2 is 1.82 bits per heavy atom. The summed E-state index contributed by atoms with van der Waals surface area (Å²) in [6.45, 7) is 1.69. The molecule has 0 spiro atoms. The van der Waals surface area contributed by atoms with Gasteiger partial charge in [-0.15, -0.1) is 0 Å². The van der Waals surface area contributed by atoms with E-state index in [1.165, 1.54) is 7.11 Å². The number of carbonyl (C=O) groups excluding carboxylic acids is 3. The van der Waals surface area contributed by atoms with Crippen LogP contribution in [-0.4, -0.2) is 24.6 Å². The highest BCUT2D eigenvalue weighted by Crippen LogP contribution is 2.28. The molecule has 0 radical (unpaired) electrons. The fourth-order valence-electron chi connectivity index (χ4n) is 2.33. The summed E-state index contributed by atoms with van der Waals surface area (Å²) in [5.74, 6) is -1.59. The molecule has 0 aromatic rings. The SMILES string of the molecule is CCC(=O)C(CC(=O)C1CCCC1)C(=O)OC. The van der Waals surface area contributed by atoms with Crippen molar-refractivity contribution in [3.8, 4) is 0 Å². The van der Waals surface area contributed by atoms with E-state index in [9.17, 15) is 14.4 Å². The van der Waals surface area contributed by atoms with E-state index in [0.717, 1.165) is 25.7 Å². The summed E-state index contributed by atoms with van der Waals surface area (Å²) in [4.78, 5) is 35.0. The van der Waals surface area contributed by atoms with E-state index in [1.54, 1.807) is 6.92 Å². The molecule has 1 saturated carbocycles. The van der Waals surface area contributed by atoms with E-state index in [-0.39, 0.29) is 30.3 Å². The molecule has 0 amide bonds. The van der Waals surface area contributed by atoms with E-state index in [0.29, 0.717) is 0 Å². The number of rotatable bonds is 6. The standard InChI is InChI=1S/C13H20O4/c1-3-11(14)10(13(16)17-2)8-12(15)9-6-4-5-7-9/h9-10H,3-8H2,1-2H3. The Morgan fingerprint density at radius 3 is 2.29 bits per heavy atom. The fraction of sp³-hybridized carbons (Fsp3) is 0.769. The van der Waals surface area contributed by atoms with Crippen LogP contribution in [0.4, 0.5) is 0 Å². The Hall–Kier alpha value is -1.19. The molecule has 1 aliphatic rings. The van der Waals surface area contributed by atoms with Gasteiger partial charge in [-0.2, -0.15) is 0 Å². The van der Waals surface area contributed by atoms with E-state index in [2.05, 4.69) is 4.74 Å². The lowest BCUT2D eigenvalue weighted by Crippen LogP contribution is -2.29. The van der Waals surface area contributed by atoms with Crippen molar-refractivity contribution in [2.75, 3.05) is 7.11 Å². The van der Waals surface area contributed by atoms with Crippen LogP contribution in [0, 0.1) is 11.8 Å². The first-order valence-electron chi connectivity index (χ1n) is 6.23. The van der Waals surface area contributed by atoms with Gasteiger partial charge in [0, 0.05) is 18.8 Å². The van der Waals surface area contributed by atoms with Gasteiger partial charge in [-0.25, -0.2) is 0 Å². The minimum Gasteiger partial charge on any atom is -0.468 e. The second-order valence-corrected chi connectivity index (χ2v) is 4.55. The first-order chi connectivity index (χ1) is 8.10. The Kier molecular flexibility index (Phi) is 5.32. The third-order valence-corrected chi connectivity index (χ3v) is 3.44. The van der Waals surface area contributed by atoms with Gasteiger partial charge >= 0.3 is 5.97 Å². The van der Waals surface area contributed by atoms with Crippen LogP contribution in [0.3, 0.4) is 0 Å². The van der Waals surface area contributed by atoms with Crippen LogP contribution in [0.5, 0.6) is 0 Å². The van der Waals surface area contributed by atoms with Gasteiger partial charge in [-0.3, -0.25) is 14.4 Å². The van der Waals surface area contributed by atoms with Crippen molar-refractivity contribution in [3.05, 3.63) is 0 Å². The largest absolute Gasteiger partial charge is 0.468 e. The number of Topliss-reactive ketones (excluding diaryl/α,β-unsaturated/α-hetero) is 2. The normalized spacial score (nSPS) is 17.8. The number of methoxy groups -OCH3 is 1. The average Bonchev–Trinajstić information content (AvgIpc) is 2.87. The molecule has 17 heavy (non-hydrogen) atoms. The third kappa shape index (κ3) is 3.65. The number of hydrogen-bond donors (Lipinski definition) is 0. The van der Waals surface area contributed by atoms with Crippen LogP contribution >= 0.6 is 0 Å². The van der Waals surface area contributed by atoms with Gasteiger partial charge < -0.3 is 4.74 Å². The molecule has 0 N–H and O–H groups in total. The Balaban J connectivity index is 2.61. The van der Waals surface area contributed by atoms with Gasteiger partial charge in [-0.05, 0) is 12.8 Å². The number of ether oxygens (including phenoxy) is 1. The van der Waals surface area contributed by atoms with Gasteiger partial charge in [0.15, 0.2) is 0 Å². The van der Waals surface area contributed by atoms with Gasteiger partial charge in [0.25, 0.3) is 0 Å². The number of hydrogen-bond acceptors (Lipinski definition) is 4. The summed E-state index contributed by atoms with van der Waals surface area (Å²) >= 11 is 0. The molecule has 4 heteroatoms. The van der Waals surface area contributed by atoms with Crippen LogP contribution in [-0.2, 0) is 19.1 Å². The van der Waals surface area contributed by atoms with E-state index in [4.69, 9.17) is 0 Å². The maximum absolute atomic E-state index is 11.9. The molecule has 1 unspecified atom stereocenters. The van der Waals surface area contributed by atoms with Crippen molar-refractivity contribution < 1.29 is 19.1 Å². The summed E-state index contributed by atoms with van der Waals surface area (Å²) in [5.41, 5.74) is 0. The molecule has 4 nitrogen and oxygen atoms in total.